The largest absolute Gasteiger partial charge is 0.449 e. The van der Waals surface area contributed by atoms with Crippen LogP contribution in [-0.2, 0) is 0 Å². The highest BCUT2D eigenvalue weighted by Crippen LogP contribution is 2.40. The summed E-state index contributed by atoms with van der Waals surface area (Å²) in [6.07, 6.45) is 0.892. The molecule has 0 bridgehead atoms. The van der Waals surface area contributed by atoms with Gasteiger partial charge >= 0.3 is 6.03 Å². The van der Waals surface area contributed by atoms with E-state index in [0.717, 1.165) is 6.42 Å². The third-order valence-electron chi connectivity index (χ3n) is 2.90. The molecular weight excluding hydrogens is 244 g/mol. The topological polar surface area (TPSA) is 59.6 Å². The molecule has 0 radical (unpaired) electrons. The van der Waals surface area contributed by atoms with Crippen LogP contribution in [0.25, 0.3) is 0 Å². The molecule has 1 atom stereocenters. The number of anilines is 1. The maximum atomic E-state index is 11.7. The Morgan fingerprint density at radius 2 is 2.00 bits per heavy atom. The molecule has 0 aromatic heterocycles. The zero-order valence-corrected chi connectivity index (χ0v) is 11.7. The van der Waals surface area contributed by atoms with E-state index in [2.05, 4.69) is 10.6 Å². The molecule has 0 aliphatic carbocycles. The fourth-order valence-corrected chi connectivity index (χ4v) is 1.79. The zero-order chi connectivity index (χ0) is 14.0. The van der Waals surface area contributed by atoms with E-state index < -0.39 is 5.79 Å². The first-order chi connectivity index (χ1) is 8.89. The van der Waals surface area contributed by atoms with E-state index in [1.54, 1.807) is 18.2 Å². The minimum Gasteiger partial charge on any atom is -0.449 e. The lowest BCUT2D eigenvalue weighted by Crippen LogP contribution is -2.35. The van der Waals surface area contributed by atoms with Gasteiger partial charge in [-0.25, -0.2) is 4.79 Å². The number of carbonyl (C=O) groups excluding carboxylic acids is 1. The van der Waals surface area contributed by atoms with Gasteiger partial charge in [0.25, 0.3) is 0 Å². The molecule has 1 heterocycles. The summed E-state index contributed by atoms with van der Waals surface area (Å²) in [5.41, 5.74) is 0.681. The monoisotopic (exact) mass is 264 g/mol. The molecule has 1 aliphatic heterocycles. The number of hydrogen-bond donors (Lipinski definition) is 2. The van der Waals surface area contributed by atoms with Crippen molar-refractivity contribution in [3.63, 3.8) is 0 Å². The molecule has 2 rings (SSSR count). The lowest BCUT2D eigenvalue weighted by Gasteiger charge is -2.16. The molecule has 0 saturated heterocycles. The van der Waals surface area contributed by atoms with Crippen molar-refractivity contribution in [1.82, 2.24) is 5.32 Å². The minimum absolute atomic E-state index is 0.146. The smallest absolute Gasteiger partial charge is 0.319 e. The summed E-state index contributed by atoms with van der Waals surface area (Å²) in [7, 11) is 0. The second kappa shape index (κ2) is 4.99. The summed E-state index contributed by atoms with van der Waals surface area (Å²) in [5, 5.41) is 5.62. The first-order valence-corrected chi connectivity index (χ1v) is 6.49. The number of benzene rings is 1. The van der Waals surface area contributed by atoms with Crippen LogP contribution in [0.4, 0.5) is 10.5 Å². The first kappa shape index (κ1) is 13.5. The van der Waals surface area contributed by atoms with Gasteiger partial charge in [-0.2, -0.15) is 0 Å². The Labute approximate surface area is 113 Å². The minimum atomic E-state index is -0.653. The predicted octanol–water partition coefficient (Wildman–Crippen LogP) is 3.11. The van der Waals surface area contributed by atoms with Gasteiger partial charge in [0.1, 0.15) is 0 Å². The van der Waals surface area contributed by atoms with Gasteiger partial charge in [0.2, 0.25) is 5.79 Å². The van der Waals surface area contributed by atoms with Crippen molar-refractivity contribution in [3.05, 3.63) is 18.2 Å². The van der Waals surface area contributed by atoms with Crippen molar-refractivity contribution >= 4 is 11.7 Å². The zero-order valence-electron chi connectivity index (χ0n) is 11.7. The molecule has 1 unspecified atom stereocenters. The van der Waals surface area contributed by atoms with Gasteiger partial charge in [-0.05, 0) is 25.5 Å². The lowest BCUT2D eigenvalue weighted by atomic mass is 10.2. The van der Waals surface area contributed by atoms with Crippen LogP contribution in [0.1, 0.15) is 34.1 Å². The van der Waals surface area contributed by atoms with Crippen molar-refractivity contribution in [2.45, 2.75) is 45.9 Å². The van der Waals surface area contributed by atoms with Gasteiger partial charge in [-0.1, -0.05) is 6.92 Å². The Kier molecular flexibility index (Phi) is 3.55. The van der Waals surface area contributed by atoms with E-state index in [9.17, 15) is 4.79 Å². The maximum absolute atomic E-state index is 11.7. The molecule has 1 aromatic rings. The van der Waals surface area contributed by atoms with Crippen molar-refractivity contribution in [3.8, 4) is 11.5 Å². The van der Waals surface area contributed by atoms with Gasteiger partial charge in [0.15, 0.2) is 11.5 Å². The van der Waals surface area contributed by atoms with Gasteiger partial charge in [-0.15, -0.1) is 0 Å². The van der Waals surface area contributed by atoms with E-state index >= 15 is 0 Å². The van der Waals surface area contributed by atoms with E-state index in [4.69, 9.17) is 9.47 Å². The van der Waals surface area contributed by atoms with Crippen LogP contribution in [0, 0.1) is 0 Å². The van der Waals surface area contributed by atoms with Crippen LogP contribution in [0.15, 0.2) is 18.2 Å². The summed E-state index contributed by atoms with van der Waals surface area (Å²) < 4.78 is 11.2. The van der Waals surface area contributed by atoms with E-state index in [0.29, 0.717) is 17.2 Å². The van der Waals surface area contributed by atoms with Crippen LogP contribution in [-0.4, -0.2) is 17.9 Å². The summed E-state index contributed by atoms with van der Waals surface area (Å²) in [4.78, 5) is 11.7. The van der Waals surface area contributed by atoms with Crippen LogP contribution >= 0.6 is 0 Å². The highest BCUT2D eigenvalue weighted by Gasteiger charge is 2.31. The average molecular weight is 264 g/mol. The van der Waals surface area contributed by atoms with Crippen molar-refractivity contribution in [1.29, 1.82) is 0 Å². The summed E-state index contributed by atoms with van der Waals surface area (Å²) in [5.74, 6) is 0.684. The molecule has 0 fully saturated rings. The number of nitrogens with one attached hydrogen (secondary N) is 2. The molecule has 104 valence electrons. The third-order valence-corrected chi connectivity index (χ3v) is 2.90. The molecule has 5 heteroatoms. The van der Waals surface area contributed by atoms with Gasteiger partial charge in [0.05, 0.1) is 0 Å². The fourth-order valence-electron chi connectivity index (χ4n) is 1.79. The van der Waals surface area contributed by atoms with Crippen molar-refractivity contribution in [2.75, 3.05) is 5.32 Å². The molecule has 1 aliphatic rings. The molecule has 2 amide bonds. The number of amides is 2. The standard InChI is InChI=1S/C14H20N2O3/c1-5-9(2)15-13(17)16-10-6-7-11-12(8-10)19-14(3,4)18-11/h6-9H,5H2,1-4H3,(H2,15,16,17). The Hall–Kier alpha value is -1.91. The number of rotatable bonds is 3. The summed E-state index contributed by atoms with van der Waals surface area (Å²) in [6.45, 7) is 7.67. The first-order valence-electron chi connectivity index (χ1n) is 6.49. The average Bonchev–Trinajstić information content (AvgIpc) is 2.61. The number of carbonyl (C=O) groups is 1. The van der Waals surface area contributed by atoms with Crippen molar-refractivity contribution < 1.29 is 14.3 Å². The van der Waals surface area contributed by atoms with E-state index in [-0.39, 0.29) is 12.1 Å². The lowest BCUT2D eigenvalue weighted by molar-refractivity contribution is -0.0431. The molecule has 0 spiro atoms. The fraction of sp³-hybridized carbons (Fsp3) is 0.500. The summed E-state index contributed by atoms with van der Waals surface area (Å²) >= 11 is 0. The van der Waals surface area contributed by atoms with Crippen molar-refractivity contribution in [2.24, 2.45) is 0 Å². The number of fused-ring (bicyclic) bond motifs is 1. The Morgan fingerprint density at radius 1 is 1.32 bits per heavy atom. The van der Waals surface area contributed by atoms with Gasteiger partial charge < -0.3 is 20.1 Å². The molecule has 5 nitrogen and oxygen atoms in total. The Morgan fingerprint density at radius 3 is 2.68 bits per heavy atom. The second-order valence-electron chi connectivity index (χ2n) is 5.17. The number of hydrogen-bond acceptors (Lipinski definition) is 3. The quantitative estimate of drug-likeness (QED) is 0.881. The van der Waals surface area contributed by atoms with E-state index in [1.165, 1.54) is 0 Å². The van der Waals surface area contributed by atoms with Crippen LogP contribution in [0.5, 0.6) is 11.5 Å². The molecular formula is C14H20N2O3. The summed E-state index contributed by atoms with van der Waals surface area (Å²) in [6, 6.07) is 5.28. The maximum Gasteiger partial charge on any atom is 0.319 e. The van der Waals surface area contributed by atoms with Gasteiger partial charge in [-0.3, -0.25) is 0 Å². The van der Waals surface area contributed by atoms with E-state index in [1.807, 2.05) is 27.7 Å². The Balaban J connectivity index is 2.02. The molecule has 1 aromatic carbocycles. The predicted molar refractivity (Wildman–Crippen MR) is 73.7 cm³/mol. The Bertz CT molecular complexity index is 486. The highest BCUT2D eigenvalue weighted by atomic mass is 16.7. The molecule has 19 heavy (non-hydrogen) atoms. The van der Waals surface area contributed by atoms with Crippen LogP contribution in [0.3, 0.4) is 0 Å². The number of ether oxygens (including phenoxy) is 2. The molecule has 0 saturated carbocycles. The SMILES string of the molecule is CCC(C)NC(=O)Nc1ccc2c(c1)OC(C)(C)O2. The van der Waals surface area contributed by atoms with Crippen LogP contribution < -0.4 is 20.1 Å². The third kappa shape index (κ3) is 3.30. The second-order valence-corrected chi connectivity index (χ2v) is 5.17. The van der Waals surface area contributed by atoms with Gasteiger partial charge in [0, 0.05) is 31.6 Å². The van der Waals surface area contributed by atoms with Crippen LogP contribution in [0.2, 0.25) is 0 Å². The normalized spacial score (nSPS) is 16.8. The molecule has 2 N–H and O–H groups in total. The number of urea groups is 1. The highest BCUT2D eigenvalue weighted by molar-refractivity contribution is 5.89.